The van der Waals surface area contributed by atoms with Gasteiger partial charge >= 0.3 is 0 Å². The van der Waals surface area contributed by atoms with E-state index in [1.54, 1.807) is 18.2 Å². The van der Waals surface area contributed by atoms with Crippen molar-refractivity contribution in [1.29, 1.82) is 0 Å². The highest BCUT2D eigenvalue weighted by molar-refractivity contribution is 7.89. The second-order valence-corrected chi connectivity index (χ2v) is 13.6. The lowest BCUT2D eigenvalue weighted by molar-refractivity contribution is 0.0769. The van der Waals surface area contributed by atoms with Gasteiger partial charge in [-0.15, -0.1) is 0 Å². The Labute approximate surface area is 257 Å². The molecule has 1 aliphatic heterocycles. The fraction of sp³-hybridized carbons (Fsp3) is 0.406. The molecule has 43 heavy (non-hydrogen) atoms. The molecule has 0 saturated carbocycles. The molecule has 0 bridgehead atoms. The van der Waals surface area contributed by atoms with E-state index in [-0.39, 0.29) is 41.5 Å². The van der Waals surface area contributed by atoms with E-state index in [9.17, 15) is 22.7 Å². The lowest BCUT2D eigenvalue weighted by Gasteiger charge is -2.31. The molecule has 1 heterocycles. The minimum atomic E-state index is -4.16. The largest absolute Gasteiger partial charge is 0.487 e. The third kappa shape index (κ3) is 8.77. The van der Waals surface area contributed by atoms with E-state index >= 15 is 0 Å². The maximum absolute atomic E-state index is 13.8. The Morgan fingerprint density at radius 1 is 1.14 bits per heavy atom. The summed E-state index contributed by atoms with van der Waals surface area (Å²) in [7, 11) is -4.16. The lowest BCUT2D eigenvalue weighted by atomic mass is 10.00. The number of sulfonamides is 1. The lowest BCUT2D eigenvalue weighted by Crippen LogP contribution is -2.51. The van der Waals surface area contributed by atoms with Crippen LogP contribution in [0.5, 0.6) is 5.75 Å². The minimum absolute atomic E-state index is 0.0831. The summed E-state index contributed by atoms with van der Waals surface area (Å²) in [6.45, 7) is 6.39. The zero-order valence-corrected chi connectivity index (χ0v) is 26.1. The first-order valence-corrected chi connectivity index (χ1v) is 16.1. The molecular weight excluding hydrogens is 595 g/mol. The Kier molecular flexibility index (Phi) is 11.2. The van der Waals surface area contributed by atoms with Crippen molar-refractivity contribution >= 4 is 27.5 Å². The van der Waals surface area contributed by atoms with Crippen molar-refractivity contribution in [2.24, 2.45) is 5.92 Å². The number of carbonyl (C=O) groups is 1. The third-order valence-electron chi connectivity index (χ3n) is 7.13. The number of benzene rings is 3. The third-order valence-corrected chi connectivity index (χ3v) is 9.25. The number of nitrogens with zero attached hydrogens (tertiary/aromatic N) is 1. The van der Waals surface area contributed by atoms with Gasteiger partial charge in [-0.2, -0.15) is 4.31 Å². The summed E-state index contributed by atoms with van der Waals surface area (Å²) in [5.41, 5.74) is 2.07. The van der Waals surface area contributed by atoms with E-state index in [4.69, 9.17) is 21.1 Å². The van der Waals surface area contributed by atoms with Crippen LogP contribution in [0.25, 0.3) is 0 Å². The number of nitrogens with one attached hydrogen (secondary N) is 1. The molecule has 3 atom stereocenters. The van der Waals surface area contributed by atoms with Crippen LogP contribution in [-0.2, 0) is 21.2 Å². The van der Waals surface area contributed by atoms with Crippen LogP contribution in [-0.4, -0.2) is 68.3 Å². The van der Waals surface area contributed by atoms with E-state index in [1.165, 1.54) is 0 Å². The summed E-state index contributed by atoms with van der Waals surface area (Å²) in [6.07, 6.45) is -0.519. The first-order valence-electron chi connectivity index (χ1n) is 14.3. The summed E-state index contributed by atoms with van der Waals surface area (Å²) >= 11 is 5.90. The van der Waals surface area contributed by atoms with Gasteiger partial charge in [0.2, 0.25) is 10.0 Å². The summed E-state index contributed by atoms with van der Waals surface area (Å²) in [5, 5.41) is 14.2. The molecule has 3 aromatic carbocycles. The van der Waals surface area contributed by atoms with Gasteiger partial charge in [0.25, 0.3) is 5.91 Å². The summed E-state index contributed by atoms with van der Waals surface area (Å²) in [6, 6.07) is 16.9. The molecule has 0 radical (unpaired) electrons. The maximum atomic E-state index is 13.8. The van der Waals surface area contributed by atoms with Crippen molar-refractivity contribution in [2.45, 2.75) is 56.8 Å². The van der Waals surface area contributed by atoms with E-state index < -0.39 is 33.9 Å². The molecule has 1 aliphatic rings. The van der Waals surface area contributed by atoms with Gasteiger partial charge in [-0.3, -0.25) is 4.79 Å². The number of rotatable bonds is 13. The Morgan fingerprint density at radius 3 is 2.53 bits per heavy atom. The van der Waals surface area contributed by atoms with Crippen molar-refractivity contribution in [2.75, 3.05) is 26.3 Å². The zero-order valence-electron chi connectivity index (χ0n) is 24.5. The molecule has 0 spiro atoms. The number of aliphatic hydroxyl groups is 1. The Hall–Kier alpha value is -3.02. The fourth-order valence-electron chi connectivity index (χ4n) is 4.90. The standard InChI is InChI=1S/C32H38ClFN2O6S/c1-21(2)18-36(43(39,40)25-10-12-28(34)27(33)17-25)19-30(37)29(16-23-7-5-4-6-8-23)35-32(38)26-11-9-22(3)15-31(26)42-24-13-14-41-20-24/h4-12,15,17,21,24,29-30,37H,13-14,16,18-20H2,1-3H3,(H,35,38)/t24-,29+,30-/m1/s1. The monoisotopic (exact) mass is 632 g/mol. The molecule has 1 saturated heterocycles. The molecule has 1 fully saturated rings. The first-order chi connectivity index (χ1) is 20.4. The van der Waals surface area contributed by atoms with Crippen molar-refractivity contribution in [1.82, 2.24) is 9.62 Å². The second kappa shape index (κ2) is 14.6. The number of aliphatic hydroxyl groups excluding tert-OH is 1. The van der Waals surface area contributed by atoms with Crippen LogP contribution in [0.15, 0.2) is 71.6 Å². The van der Waals surface area contributed by atoms with Crippen molar-refractivity contribution in [3.8, 4) is 5.75 Å². The van der Waals surface area contributed by atoms with Gasteiger partial charge in [0.15, 0.2) is 0 Å². The van der Waals surface area contributed by atoms with E-state index in [1.807, 2.05) is 51.1 Å². The molecule has 8 nitrogen and oxygen atoms in total. The van der Waals surface area contributed by atoms with E-state index in [0.29, 0.717) is 30.9 Å². The SMILES string of the molecule is Cc1ccc(C(=O)N[C@@H](Cc2ccccc2)[C@H](O)CN(CC(C)C)S(=O)(=O)c2ccc(F)c(Cl)c2)c(O[C@@H]2CCOC2)c1. The molecule has 232 valence electrons. The van der Waals surface area contributed by atoms with Crippen LogP contribution in [0.4, 0.5) is 4.39 Å². The molecule has 11 heteroatoms. The van der Waals surface area contributed by atoms with Gasteiger partial charge in [-0.1, -0.05) is 61.8 Å². The number of halogens is 2. The first kappa shape index (κ1) is 32.9. The van der Waals surface area contributed by atoms with Gasteiger partial charge in [0.1, 0.15) is 17.7 Å². The fourth-order valence-corrected chi connectivity index (χ4v) is 6.79. The average molecular weight is 633 g/mol. The molecule has 0 aromatic heterocycles. The smallest absolute Gasteiger partial charge is 0.255 e. The highest BCUT2D eigenvalue weighted by Gasteiger charge is 2.32. The van der Waals surface area contributed by atoms with Gasteiger partial charge in [-0.25, -0.2) is 12.8 Å². The average Bonchev–Trinajstić information content (AvgIpc) is 3.47. The van der Waals surface area contributed by atoms with Crippen LogP contribution in [0, 0.1) is 18.7 Å². The quantitative estimate of drug-likeness (QED) is 0.275. The van der Waals surface area contributed by atoms with Crippen molar-refractivity contribution in [3.63, 3.8) is 0 Å². The summed E-state index contributed by atoms with van der Waals surface area (Å²) in [4.78, 5) is 13.5. The minimum Gasteiger partial charge on any atom is -0.487 e. The van der Waals surface area contributed by atoms with Crippen LogP contribution < -0.4 is 10.1 Å². The van der Waals surface area contributed by atoms with E-state index in [2.05, 4.69) is 5.32 Å². The summed E-state index contributed by atoms with van der Waals surface area (Å²) < 4.78 is 53.8. The van der Waals surface area contributed by atoms with Gasteiger partial charge in [0, 0.05) is 19.5 Å². The van der Waals surface area contributed by atoms with Gasteiger partial charge < -0.3 is 19.9 Å². The van der Waals surface area contributed by atoms with Crippen LogP contribution in [0.1, 0.15) is 41.8 Å². The molecule has 0 aliphatic carbocycles. The number of carbonyl (C=O) groups excluding carboxylic acids is 1. The van der Waals surface area contributed by atoms with E-state index in [0.717, 1.165) is 33.6 Å². The molecule has 3 aromatic rings. The van der Waals surface area contributed by atoms with Crippen molar-refractivity contribution in [3.05, 3.63) is 94.3 Å². The highest BCUT2D eigenvalue weighted by Crippen LogP contribution is 2.26. The zero-order chi connectivity index (χ0) is 31.1. The Bertz CT molecular complexity index is 1500. The molecular formula is C32H38ClFN2O6S. The number of hydrogen-bond acceptors (Lipinski definition) is 6. The Morgan fingerprint density at radius 2 is 1.88 bits per heavy atom. The summed E-state index contributed by atoms with van der Waals surface area (Å²) in [5.74, 6) is -0.871. The molecule has 2 N–H and O–H groups in total. The second-order valence-electron chi connectivity index (χ2n) is 11.2. The topological polar surface area (TPSA) is 105 Å². The number of hydrogen-bond donors (Lipinski definition) is 2. The normalized spacial score (nSPS) is 16.8. The molecule has 4 rings (SSSR count). The maximum Gasteiger partial charge on any atom is 0.255 e. The van der Waals surface area contributed by atoms with Crippen LogP contribution in [0.3, 0.4) is 0 Å². The molecule has 1 amide bonds. The van der Waals surface area contributed by atoms with Crippen molar-refractivity contribution < 1.29 is 32.2 Å². The molecule has 0 unspecified atom stereocenters. The van der Waals surface area contributed by atoms with Crippen LogP contribution in [0.2, 0.25) is 5.02 Å². The predicted octanol–water partition coefficient (Wildman–Crippen LogP) is 5.00. The number of amides is 1. The highest BCUT2D eigenvalue weighted by atomic mass is 35.5. The van der Waals surface area contributed by atoms with Gasteiger partial charge in [0.05, 0.1) is 40.8 Å². The van der Waals surface area contributed by atoms with Gasteiger partial charge in [-0.05, 0) is 60.7 Å². The predicted molar refractivity (Wildman–Crippen MR) is 163 cm³/mol. The van der Waals surface area contributed by atoms with Crippen LogP contribution >= 0.6 is 11.6 Å². The number of aryl methyl sites for hydroxylation is 1. The Balaban J connectivity index is 1.62. The number of ether oxygens (including phenoxy) is 2.